The molecule has 2 N–H and O–H groups in total. The highest BCUT2D eigenvalue weighted by molar-refractivity contribution is 6.33. The van der Waals surface area contributed by atoms with Gasteiger partial charge in [0.05, 0.1) is 10.6 Å². The third-order valence-corrected chi connectivity index (χ3v) is 2.51. The number of carbonyl (C=O) groups excluding carboxylic acids is 1. The van der Waals surface area contributed by atoms with Crippen molar-refractivity contribution < 1.29 is 14.7 Å². The predicted octanol–water partition coefficient (Wildman–Crippen LogP) is 1.32. The van der Waals surface area contributed by atoms with Crippen molar-refractivity contribution in [1.82, 2.24) is 9.88 Å². The van der Waals surface area contributed by atoms with Crippen molar-refractivity contribution in [2.45, 2.75) is 13.0 Å². The van der Waals surface area contributed by atoms with Crippen molar-refractivity contribution in [3.63, 3.8) is 0 Å². The number of carboxylic acids is 1. The molecule has 0 saturated heterocycles. The van der Waals surface area contributed by atoms with E-state index in [1.54, 1.807) is 14.1 Å². The van der Waals surface area contributed by atoms with E-state index in [1.807, 2.05) is 0 Å². The average molecular weight is 272 g/mol. The number of nitrogens with zero attached hydrogens (tertiary/aromatic N) is 2. The molecule has 6 nitrogen and oxygen atoms in total. The second-order valence-electron chi connectivity index (χ2n) is 3.96. The number of aromatic nitrogens is 1. The van der Waals surface area contributed by atoms with E-state index in [2.05, 4.69) is 10.3 Å². The van der Waals surface area contributed by atoms with Crippen LogP contribution in [0.1, 0.15) is 17.3 Å². The minimum atomic E-state index is -1.01. The Hall–Kier alpha value is -1.82. The number of halogens is 1. The molecular formula is C11H14ClN3O3. The smallest absolute Gasteiger partial charge is 0.325 e. The molecule has 0 radical (unpaired) electrons. The zero-order valence-electron chi connectivity index (χ0n) is 10.3. The molecule has 0 saturated carbocycles. The first-order valence-corrected chi connectivity index (χ1v) is 5.57. The molecule has 0 fully saturated rings. The maximum Gasteiger partial charge on any atom is 0.325 e. The molecule has 0 aliphatic heterocycles. The molecule has 1 rings (SSSR count). The Morgan fingerprint density at radius 3 is 2.56 bits per heavy atom. The number of rotatable bonds is 4. The average Bonchev–Trinajstić information content (AvgIpc) is 2.30. The summed E-state index contributed by atoms with van der Waals surface area (Å²) in [5.74, 6) is -0.995. The van der Waals surface area contributed by atoms with E-state index in [0.717, 1.165) is 0 Å². The Morgan fingerprint density at radius 2 is 2.11 bits per heavy atom. The van der Waals surface area contributed by atoms with Gasteiger partial charge in [-0.15, -0.1) is 0 Å². The molecule has 98 valence electrons. The first-order valence-electron chi connectivity index (χ1n) is 5.19. The Balaban J connectivity index is 2.93. The van der Waals surface area contributed by atoms with Gasteiger partial charge in [-0.05, 0) is 13.0 Å². The Kier molecular flexibility index (Phi) is 4.49. The lowest BCUT2D eigenvalue weighted by atomic mass is 10.2. The van der Waals surface area contributed by atoms with Crippen molar-refractivity contribution in [1.29, 1.82) is 0 Å². The Labute approximate surface area is 110 Å². The molecular weight excluding hydrogens is 258 g/mol. The van der Waals surface area contributed by atoms with Crippen molar-refractivity contribution in [2.24, 2.45) is 0 Å². The van der Waals surface area contributed by atoms with Crippen LogP contribution >= 0.6 is 11.6 Å². The van der Waals surface area contributed by atoms with Crippen LogP contribution in [0, 0.1) is 0 Å². The largest absolute Gasteiger partial charge is 0.480 e. The molecule has 0 unspecified atom stereocenters. The predicted molar refractivity (Wildman–Crippen MR) is 68.0 cm³/mol. The summed E-state index contributed by atoms with van der Waals surface area (Å²) in [7, 11) is 3.24. The number of carbonyl (C=O) groups is 2. The van der Waals surface area contributed by atoms with Gasteiger partial charge in [0, 0.05) is 20.3 Å². The number of amides is 1. The highest BCUT2D eigenvalue weighted by atomic mass is 35.5. The minimum absolute atomic E-state index is 0.204. The lowest BCUT2D eigenvalue weighted by Gasteiger charge is -2.13. The number of pyridine rings is 1. The first-order chi connectivity index (χ1) is 8.32. The van der Waals surface area contributed by atoms with E-state index < -0.39 is 12.0 Å². The molecule has 0 aliphatic rings. The standard InChI is InChI=1S/C11H14ClN3O3/c1-6(11(17)18)14-9-8(12)4-7(5-13-9)10(16)15(2)3/h4-6H,1-3H3,(H,13,14)(H,17,18)/t6-/m0/s1. The third kappa shape index (κ3) is 3.33. The second-order valence-corrected chi connectivity index (χ2v) is 4.37. The number of anilines is 1. The number of aliphatic carboxylic acids is 1. The lowest BCUT2D eigenvalue weighted by molar-refractivity contribution is -0.137. The highest BCUT2D eigenvalue weighted by Gasteiger charge is 2.15. The fourth-order valence-electron chi connectivity index (χ4n) is 1.19. The Bertz CT molecular complexity index is 477. The molecule has 0 spiro atoms. The SMILES string of the molecule is C[C@H](Nc1ncc(C(=O)N(C)C)cc1Cl)C(=O)O. The lowest BCUT2D eigenvalue weighted by Crippen LogP contribution is -2.26. The fourth-order valence-corrected chi connectivity index (χ4v) is 1.41. The quantitative estimate of drug-likeness (QED) is 0.863. The van der Waals surface area contributed by atoms with Crippen LogP contribution in [0.15, 0.2) is 12.3 Å². The van der Waals surface area contributed by atoms with Gasteiger partial charge in [-0.3, -0.25) is 9.59 Å². The molecule has 0 aliphatic carbocycles. The molecule has 0 bridgehead atoms. The maximum atomic E-state index is 11.7. The van der Waals surface area contributed by atoms with Crippen LogP contribution in [0.2, 0.25) is 5.02 Å². The van der Waals surface area contributed by atoms with E-state index in [-0.39, 0.29) is 16.7 Å². The molecule has 1 aromatic rings. The topological polar surface area (TPSA) is 82.5 Å². The summed E-state index contributed by atoms with van der Waals surface area (Å²) >= 11 is 5.94. The van der Waals surface area contributed by atoms with Gasteiger partial charge >= 0.3 is 5.97 Å². The maximum absolute atomic E-state index is 11.7. The van der Waals surface area contributed by atoms with Gasteiger partial charge in [0.15, 0.2) is 0 Å². The van der Waals surface area contributed by atoms with Crippen molar-refractivity contribution in [2.75, 3.05) is 19.4 Å². The van der Waals surface area contributed by atoms with Gasteiger partial charge in [-0.1, -0.05) is 11.6 Å². The molecule has 1 amide bonds. The highest BCUT2D eigenvalue weighted by Crippen LogP contribution is 2.21. The van der Waals surface area contributed by atoms with Gasteiger partial charge < -0.3 is 15.3 Å². The summed E-state index contributed by atoms with van der Waals surface area (Å²) in [5.41, 5.74) is 0.346. The summed E-state index contributed by atoms with van der Waals surface area (Å²) in [6.45, 7) is 1.47. The second kappa shape index (κ2) is 5.68. The van der Waals surface area contributed by atoms with Gasteiger partial charge in [0.25, 0.3) is 5.91 Å². The summed E-state index contributed by atoms with van der Waals surface area (Å²) in [5, 5.41) is 11.6. The molecule has 18 heavy (non-hydrogen) atoms. The number of nitrogens with one attached hydrogen (secondary N) is 1. The normalized spacial score (nSPS) is 11.8. The molecule has 1 atom stereocenters. The van der Waals surface area contributed by atoms with E-state index in [0.29, 0.717) is 5.56 Å². The zero-order chi connectivity index (χ0) is 13.9. The van der Waals surface area contributed by atoms with Crippen LogP contribution < -0.4 is 5.32 Å². The van der Waals surface area contributed by atoms with E-state index in [1.165, 1.54) is 24.1 Å². The fraction of sp³-hybridized carbons (Fsp3) is 0.364. The molecule has 0 aromatic carbocycles. The van der Waals surface area contributed by atoms with Gasteiger partial charge in [-0.2, -0.15) is 0 Å². The summed E-state index contributed by atoms with van der Waals surface area (Å²) < 4.78 is 0. The van der Waals surface area contributed by atoms with E-state index >= 15 is 0 Å². The van der Waals surface area contributed by atoms with E-state index in [9.17, 15) is 9.59 Å². The zero-order valence-corrected chi connectivity index (χ0v) is 11.0. The first kappa shape index (κ1) is 14.2. The molecule has 1 aromatic heterocycles. The van der Waals surface area contributed by atoms with Crippen molar-refractivity contribution >= 4 is 29.3 Å². The van der Waals surface area contributed by atoms with Crippen LogP contribution in [0.3, 0.4) is 0 Å². The number of carboxylic acid groups (broad SMARTS) is 1. The van der Waals surface area contributed by atoms with Crippen molar-refractivity contribution in [3.8, 4) is 0 Å². The van der Waals surface area contributed by atoms with Crippen LogP contribution in [-0.2, 0) is 4.79 Å². The Morgan fingerprint density at radius 1 is 1.50 bits per heavy atom. The number of hydrogen-bond acceptors (Lipinski definition) is 4. The summed E-state index contributed by atoms with van der Waals surface area (Å²) in [6.07, 6.45) is 1.35. The van der Waals surface area contributed by atoms with Crippen LogP contribution in [0.25, 0.3) is 0 Å². The van der Waals surface area contributed by atoms with Gasteiger partial charge in [0.1, 0.15) is 11.9 Å². The van der Waals surface area contributed by atoms with Crippen LogP contribution in [0.5, 0.6) is 0 Å². The minimum Gasteiger partial charge on any atom is -0.480 e. The van der Waals surface area contributed by atoms with E-state index in [4.69, 9.17) is 16.7 Å². The van der Waals surface area contributed by atoms with Crippen molar-refractivity contribution in [3.05, 3.63) is 22.8 Å². The summed E-state index contributed by atoms with van der Waals surface area (Å²) in [4.78, 5) is 27.7. The van der Waals surface area contributed by atoms with Gasteiger partial charge in [-0.25, -0.2) is 4.98 Å². The third-order valence-electron chi connectivity index (χ3n) is 2.22. The summed E-state index contributed by atoms with van der Waals surface area (Å²) in [6, 6.07) is 0.638. The molecule has 7 heteroatoms. The van der Waals surface area contributed by atoms with Gasteiger partial charge in [0.2, 0.25) is 0 Å². The van der Waals surface area contributed by atoms with Crippen LogP contribution in [0.4, 0.5) is 5.82 Å². The monoisotopic (exact) mass is 271 g/mol. The number of hydrogen-bond donors (Lipinski definition) is 2. The van der Waals surface area contributed by atoms with Crippen LogP contribution in [-0.4, -0.2) is 47.0 Å². The molecule has 1 heterocycles.